The summed E-state index contributed by atoms with van der Waals surface area (Å²) in [7, 11) is 3.11. The number of carboxylic acid groups (broad SMARTS) is 1. The number of carboxylic acids is 1. The minimum atomic E-state index is -1.17. The molecule has 0 spiro atoms. The lowest BCUT2D eigenvalue weighted by Crippen LogP contribution is -2.60. The van der Waals surface area contributed by atoms with E-state index in [1.807, 2.05) is 18.2 Å². The fourth-order valence-electron chi connectivity index (χ4n) is 5.57. The van der Waals surface area contributed by atoms with Gasteiger partial charge in [0.15, 0.2) is 0 Å². The average molecular weight is 415 g/mol. The highest BCUT2D eigenvalue weighted by molar-refractivity contribution is 6.05. The van der Waals surface area contributed by atoms with Gasteiger partial charge in [0.05, 0.1) is 42.8 Å². The van der Waals surface area contributed by atoms with Crippen LogP contribution in [0.1, 0.15) is 38.7 Å². The lowest BCUT2D eigenvalue weighted by atomic mass is 9.70. The summed E-state index contributed by atoms with van der Waals surface area (Å²) in [6.45, 7) is 5.33. The summed E-state index contributed by atoms with van der Waals surface area (Å²) in [5, 5.41) is 21.7. The van der Waals surface area contributed by atoms with E-state index in [0.717, 1.165) is 30.8 Å². The van der Waals surface area contributed by atoms with E-state index < -0.39 is 11.6 Å². The Kier molecular flexibility index (Phi) is 5.36. The van der Waals surface area contributed by atoms with Gasteiger partial charge in [-0.05, 0) is 37.8 Å². The molecule has 4 rings (SSSR count). The van der Waals surface area contributed by atoms with Crippen molar-refractivity contribution in [1.82, 2.24) is 4.90 Å². The molecule has 2 N–H and O–H groups in total. The van der Waals surface area contributed by atoms with Crippen molar-refractivity contribution in [2.75, 3.05) is 27.3 Å². The highest BCUT2D eigenvalue weighted by Gasteiger charge is 2.54. The van der Waals surface area contributed by atoms with Crippen molar-refractivity contribution in [2.24, 2.45) is 16.8 Å². The third-order valence-corrected chi connectivity index (χ3v) is 7.15. The number of aliphatic carboxylic acids is 1. The van der Waals surface area contributed by atoms with Gasteiger partial charge in [-0.3, -0.25) is 9.89 Å². The van der Waals surface area contributed by atoms with Gasteiger partial charge < -0.3 is 19.7 Å². The fraction of sp³-hybridized carbons (Fsp3) is 0.565. The fourth-order valence-corrected chi connectivity index (χ4v) is 5.57. The molecular formula is C23H30N2O5. The van der Waals surface area contributed by atoms with Crippen LogP contribution in [-0.4, -0.2) is 60.1 Å². The van der Waals surface area contributed by atoms with Crippen LogP contribution in [0.25, 0.3) is 0 Å². The first-order valence-corrected chi connectivity index (χ1v) is 10.6. The van der Waals surface area contributed by atoms with Crippen LogP contribution in [0.4, 0.5) is 5.69 Å². The predicted octanol–water partition coefficient (Wildman–Crippen LogP) is 3.09. The van der Waals surface area contributed by atoms with E-state index in [1.54, 1.807) is 14.0 Å². The molecular weight excluding hydrogens is 384 g/mol. The van der Waals surface area contributed by atoms with Crippen molar-refractivity contribution in [3.05, 3.63) is 35.1 Å². The van der Waals surface area contributed by atoms with Crippen LogP contribution in [0, 0.1) is 11.8 Å². The van der Waals surface area contributed by atoms with Gasteiger partial charge >= 0.3 is 5.97 Å². The number of carbonyl (C=O) groups is 1. The molecule has 2 saturated heterocycles. The van der Waals surface area contributed by atoms with E-state index in [9.17, 15) is 15.0 Å². The normalized spacial score (nSPS) is 31.1. The number of fused-ring (bicyclic) bond motifs is 5. The summed E-state index contributed by atoms with van der Waals surface area (Å²) in [6, 6.07) is 5.52. The Balaban J connectivity index is 1.75. The molecule has 3 aliphatic heterocycles. The predicted molar refractivity (Wildman–Crippen MR) is 113 cm³/mol. The number of rotatable bonds is 5. The van der Waals surface area contributed by atoms with E-state index in [4.69, 9.17) is 14.5 Å². The quantitative estimate of drug-likeness (QED) is 0.568. The maximum absolute atomic E-state index is 12.1. The van der Waals surface area contributed by atoms with Crippen LogP contribution >= 0.6 is 0 Å². The van der Waals surface area contributed by atoms with Crippen molar-refractivity contribution in [3.8, 4) is 5.75 Å². The first-order chi connectivity index (χ1) is 14.3. The molecule has 2 fully saturated rings. The van der Waals surface area contributed by atoms with Crippen LogP contribution in [-0.2, 0) is 15.1 Å². The van der Waals surface area contributed by atoms with Crippen LogP contribution in [0.3, 0.4) is 0 Å². The van der Waals surface area contributed by atoms with Crippen LogP contribution in [0.2, 0.25) is 0 Å². The molecule has 1 aromatic carbocycles. The molecule has 0 aliphatic carbocycles. The zero-order valence-electron chi connectivity index (χ0n) is 18.0. The van der Waals surface area contributed by atoms with Gasteiger partial charge in [0, 0.05) is 19.0 Å². The zero-order chi connectivity index (χ0) is 21.6. The number of ether oxygens (including phenoxy) is 2. The second kappa shape index (κ2) is 7.71. The number of methoxy groups -OCH3 is 2. The Morgan fingerprint density at radius 2 is 2.13 bits per heavy atom. The molecule has 1 unspecified atom stereocenters. The van der Waals surface area contributed by atoms with Gasteiger partial charge in [-0.25, -0.2) is 4.79 Å². The van der Waals surface area contributed by atoms with Crippen LogP contribution in [0.15, 0.2) is 34.5 Å². The van der Waals surface area contributed by atoms with Crippen molar-refractivity contribution < 1.29 is 24.5 Å². The molecule has 7 nitrogen and oxygen atoms in total. The smallest absolute Gasteiger partial charge is 0.335 e. The number of benzene rings is 1. The molecule has 1 aromatic rings. The molecule has 0 saturated carbocycles. The highest BCUT2D eigenvalue weighted by Crippen LogP contribution is 2.51. The SMILES string of the molecule is CC[C@@H]1CN2CC[C@@]3(O)C(=Nc4cccc(OC)c43)C2C[C@@H]1C(C(=O)O)=C(C)OC. The zero-order valence-corrected chi connectivity index (χ0v) is 18.0. The van der Waals surface area contributed by atoms with Gasteiger partial charge in [-0.2, -0.15) is 0 Å². The molecule has 0 amide bonds. The molecule has 0 aromatic heterocycles. The Bertz CT molecular complexity index is 924. The minimum absolute atomic E-state index is 0.118. The van der Waals surface area contributed by atoms with Crippen molar-refractivity contribution in [2.45, 2.75) is 44.8 Å². The van der Waals surface area contributed by atoms with Gasteiger partial charge in [0.1, 0.15) is 17.1 Å². The molecule has 4 atom stereocenters. The Hall–Kier alpha value is -2.38. The molecule has 3 aliphatic rings. The summed E-state index contributed by atoms with van der Waals surface area (Å²) >= 11 is 0. The second-order valence-corrected chi connectivity index (χ2v) is 8.46. The topological polar surface area (TPSA) is 91.6 Å². The first-order valence-electron chi connectivity index (χ1n) is 10.6. The summed E-state index contributed by atoms with van der Waals surface area (Å²) in [4.78, 5) is 19.3. The van der Waals surface area contributed by atoms with E-state index >= 15 is 0 Å². The number of nitrogens with zero attached hydrogens (tertiary/aromatic N) is 2. The number of piperidine rings is 2. The minimum Gasteiger partial charge on any atom is -0.501 e. The first kappa shape index (κ1) is 20.9. The molecule has 162 valence electrons. The maximum atomic E-state index is 12.1. The van der Waals surface area contributed by atoms with E-state index in [-0.39, 0.29) is 17.9 Å². The number of hydrogen-bond acceptors (Lipinski definition) is 6. The molecule has 30 heavy (non-hydrogen) atoms. The van der Waals surface area contributed by atoms with E-state index in [2.05, 4.69) is 11.8 Å². The molecule has 0 radical (unpaired) electrons. The largest absolute Gasteiger partial charge is 0.501 e. The second-order valence-electron chi connectivity index (χ2n) is 8.46. The van der Waals surface area contributed by atoms with Gasteiger partial charge in [0.25, 0.3) is 0 Å². The third kappa shape index (κ3) is 3.03. The van der Waals surface area contributed by atoms with Crippen molar-refractivity contribution in [3.63, 3.8) is 0 Å². The molecule has 0 bridgehead atoms. The maximum Gasteiger partial charge on any atom is 0.335 e. The lowest BCUT2D eigenvalue weighted by molar-refractivity contribution is -0.134. The average Bonchev–Trinajstić information content (AvgIpc) is 3.06. The highest BCUT2D eigenvalue weighted by atomic mass is 16.5. The Morgan fingerprint density at radius 1 is 1.37 bits per heavy atom. The Morgan fingerprint density at radius 3 is 2.77 bits per heavy atom. The standard InChI is InChI=1S/C23H30N2O5/c1-5-14-12-25-10-9-23(28)20-16(7-6-8-18(20)30-4)24-21(23)17(25)11-15(14)19(22(26)27)13(2)29-3/h6-8,14-15,17,28H,5,9-12H2,1-4H3,(H,26,27)/t14-,15+,17?,23+/m1/s1. The van der Waals surface area contributed by atoms with Crippen molar-refractivity contribution in [1.29, 1.82) is 0 Å². The molecule has 7 heteroatoms. The third-order valence-electron chi connectivity index (χ3n) is 7.15. The number of aliphatic imine (C=N–C) groups is 1. The summed E-state index contributed by atoms with van der Waals surface area (Å²) < 4.78 is 10.9. The molecule has 3 heterocycles. The Labute approximate surface area is 177 Å². The van der Waals surface area contributed by atoms with Crippen LogP contribution < -0.4 is 4.74 Å². The number of aliphatic hydroxyl groups is 1. The van der Waals surface area contributed by atoms with Crippen LogP contribution in [0.5, 0.6) is 5.75 Å². The van der Waals surface area contributed by atoms with Gasteiger partial charge in [0.2, 0.25) is 0 Å². The number of allylic oxidation sites excluding steroid dienone is 1. The monoisotopic (exact) mass is 414 g/mol. The van der Waals surface area contributed by atoms with Crippen molar-refractivity contribution >= 4 is 17.4 Å². The summed E-state index contributed by atoms with van der Waals surface area (Å²) in [5.74, 6) is 0.202. The van der Waals surface area contributed by atoms with E-state index in [0.29, 0.717) is 35.6 Å². The summed E-state index contributed by atoms with van der Waals surface area (Å²) in [5.41, 5.74) is 1.36. The van der Waals surface area contributed by atoms with E-state index in [1.165, 1.54) is 7.11 Å². The van der Waals surface area contributed by atoms with Gasteiger partial charge in [-0.15, -0.1) is 0 Å². The number of hydrogen-bond donors (Lipinski definition) is 2. The lowest BCUT2D eigenvalue weighted by Gasteiger charge is -2.50. The van der Waals surface area contributed by atoms with Gasteiger partial charge in [-0.1, -0.05) is 19.4 Å². The summed E-state index contributed by atoms with van der Waals surface area (Å²) in [6.07, 6.45) is 2.03.